The van der Waals surface area contributed by atoms with E-state index in [0.717, 1.165) is 5.56 Å². The van der Waals surface area contributed by atoms with Gasteiger partial charge in [0.15, 0.2) is 0 Å². The van der Waals surface area contributed by atoms with Crippen molar-refractivity contribution in [3.05, 3.63) is 69.7 Å². The Labute approximate surface area is 194 Å². The highest BCUT2D eigenvalue weighted by atomic mass is 35.5. The Bertz CT molecular complexity index is 1140. The van der Waals surface area contributed by atoms with Gasteiger partial charge in [-0.1, -0.05) is 41.4 Å². The molecule has 1 aromatic heterocycles. The molecule has 0 unspecified atom stereocenters. The molecule has 3 rings (SSSR count). The number of halogens is 2. The summed E-state index contributed by atoms with van der Waals surface area (Å²) in [6.07, 6.45) is 0.650. The molecule has 0 radical (unpaired) electrons. The van der Waals surface area contributed by atoms with Gasteiger partial charge in [-0.05, 0) is 36.2 Å². The zero-order valence-electron chi connectivity index (χ0n) is 17.1. The summed E-state index contributed by atoms with van der Waals surface area (Å²) in [5, 5.41) is 15.5. The number of methoxy groups -OCH3 is 1. The van der Waals surface area contributed by atoms with Crippen LogP contribution in [0.1, 0.15) is 15.9 Å². The highest BCUT2D eigenvalue weighted by molar-refractivity contribution is 6.35. The molecule has 0 bridgehead atoms. The first-order valence-electron chi connectivity index (χ1n) is 9.57. The lowest BCUT2D eigenvalue weighted by Gasteiger charge is -2.11. The van der Waals surface area contributed by atoms with Crippen molar-refractivity contribution in [3.8, 4) is 17.3 Å². The molecule has 0 atom stereocenters. The normalized spacial score (nSPS) is 10.5. The molecule has 0 saturated heterocycles. The summed E-state index contributed by atoms with van der Waals surface area (Å²) in [5.41, 5.74) is 2.45. The SMILES string of the molecule is COc1nc(NCCc2ccc(Cl)cc2Cl)cc(-c2cccc(C(=O)NCC(=O)O)c2)n1. The fraction of sp³-hybridized carbons (Fsp3) is 0.182. The number of rotatable bonds is 9. The predicted molar refractivity (Wildman–Crippen MR) is 123 cm³/mol. The van der Waals surface area contributed by atoms with E-state index in [1.165, 1.54) is 7.11 Å². The van der Waals surface area contributed by atoms with E-state index >= 15 is 0 Å². The molecule has 1 heterocycles. The number of carboxylic acid groups (broad SMARTS) is 1. The Hall–Kier alpha value is -3.36. The van der Waals surface area contributed by atoms with Crippen LogP contribution in [0.25, 0.3) is 11.3 Å². The maximum Gasteiger partial charge on any atom is 0.322 e. The monoisotopic (exact) mass is 474 g/mol. The van der Waals surface area contributed by atoms with Crippen molar-refractivity contribution >= 4 is 40.9 Å². The van der Waals surface area contributed by atoms with Crippen LogP contribution in [-0.2, 0) is 11.2 Å². The minimum Gasteiger partial charge on any atom is -0.480 e. The first-order chi connectivity index (χ1) is 15.4. The van der Waals surface area contributed by atoms with E-state index in [1.54, 1.807) is 42.5 Å². The maximum absolute atomic E-state index is 12.2. The lowest BCUT2D eigenvalue weighted by Crippen LogP contribution is -2.29. The van der Waals surface area contributed by atoms with E-state index in [2.05, 4.69) is 20.6 Å². The minimum atomic E-state index is -1.12. The van der Waals surface area contributed by atoms with Crippen LogP contribution in [0, 0.1) is 0 Å². The Morgan fingerprint density at radius 3 is 2.62 bits per heavy atom. The van der Waals surface area contributed by atoms with Crippen LogP contribution in [0.15, 0.2) is 48.5 Å². The number of anilines is 1. The highest BCUT2D eigenvalue weighted by Gasteiger charge is 2.12. The molecule has 0 aliphatic rings. The van der Waals surface area contributed by atoms with Crippen LogP contribution in [0.2, 0.25) is 10.0 Å². The summed E-state index contributed by atoms with van der Waals surface area (Å²) >= 11 is 12.2. The van der Waals surface area contributed by atoms with Crippen molar-refractivity contribution in [1.82, 2.24) is 15.3 Å². The van der Waals surface area contributed by atoms with E-state index in [0.29, 0.717) is 45.6 Å². The van der Waals surface area contributed by atoms with Gasteiger partial charge in [-0.15, -0.1) is 0 Å². The number of hydrogen-bond acceptors (Lipinski definition) is 6. The maximum atomic E-state index is 12.2. The van der Waals surface area contributed by atoms with Gasteiger partial charge >= 0.3 is 12.0 Å². The molecular formula is C22H20Cl2N4O4. The topological polar surface area (TPSA) is 113 Å². The van der Waals surface area contributed by atoms with Gasteiger partial charge in [-0.2, -0.15) is 9.97 Å². The third kappa shape index (κ3) is 6.32. The Balaban J connectivity index is 1.76. The molecular weight excluding hydrogens is 455 g/mol. The van der Waals surface area contributed by atoms with Gasteiger partial charge in [0.1, 0.15) is 12.4 Å². The summed E-state index contributed by atoms with van der Waals surface area (Å²) in [4.78, 5) is 31.5. The van der Waals surface area contributed by atoms with Crippen LogP contribution >= 0.6 is 23.2 Å². The van der Waals surface area contributed by atoms with E-state index in [-0.39, 0.29) is 6.01 Å². The fourth-order valence-corrected chi connectivity index (χ4v) is 3.39. The van der Waals surface area contributed by atoms with Gasteiger partial charge in [0.2, 0.25) is 0 Å². The minimum absolute atomic E-state index is 0.162. The number of ether oxygens (including phenoxy) is 1. The molecule has 8 nitrogen and oxygen atoms in total. The molecule has 1 amide bonds. The quantitative estimate of drug-likeness (QED) is 0.430. The number of hydrogen-bond donors (Lipinski definition) is 3. The summed E-state index contributed by atoms with van der Waals surface area (Å²) in [5.74, 6) is -1.07. The molecule has 32 heavy (non-hydrogen) atoms. The Morgan fingerprint density at radius 1 is 1.09 bits per heavy atom. The Kier molecular flexibility index (Phi) is 7.86. The number of benzene rings is 2. The molecule has 2 aromatic carbocycles. The zero-order valence-corrected chi connectivity index (χ0v) is 18.6. The van der Waals surface area contributed by atoms with E-state index in [9.17, 15) is 9.59 Å². The lowest BCUT2D eigenvalue weighted by molar-refractivity contribution is -0.135. The van der Waals surface area contributed by atoms with Crippen molar-refractivity contribution in [2.75, 3.05) is 25.5 Å². The molecule has 3 N–H and O–H groups in total. The van der Waals surface area contributed by atoms with Gasteiger partial charge in [0, 0.05) is 33.8 Å². The second-order valence-electron chi connectivity index (χ2n) is 6.69. The van der Waals surface area contributed by atoms with Gasteiger partial charge < -0.3 is 20.5 Å². The van der Waals surface area contributed by atoms with Crippen LogP contribution in [0.3, 0.4) is 0 Å². The van der Waals surface area contributed by atoms with Crippen molar-refractivity contribution in [2.45, 2.75) is 6.42 Å². The van der Waals surface area contributed by atoms with Crippen LogP contribution in [0.4, 0.5) is 5.82 Å². The molecule has 0 spiro atoms. The third-order valence-electron chi connectivity index (χ3n) is 4.42. The standard InChI is InChI=1S/C22H20Cl2N4O4/c1-32-22-27-18(14-3-2-4-15(9-14)21(31)26-12-20(29)30)11-19(28-22)25-8-7-13-5-6-16(23)10-17(13)24/h2-6,9-11H,7-8,12H2,1H3,(H,26,31)(H,29,30)(H,25,27,28). The van der Waals surface area contributed by atoms with Crippen molar-refractivity contribution < 1.29 is 19.4 Å². The smallest absolute Gasteiger partial charge is 0.322 e. The number of carboxylic acids is 1. The second-order valence-corrected chi connectivity index (χ2v) is 7.54. The number of nitrogens with zero attached hydrogens (tertiary/aromatic N) is 2. The summed E-state index contributed by atoms with van der Waals surface area (Å²) in [6, 6.07) is 13.9. The molecule has 0 fully saturated rings. The number of carbonyl (C=O) groups is 2. The molecule has 0 aliphatic carbocycles. The highest BCUT2D eigenvalue weighted by Crippen LogP contribution is 2.24. The van der Waals surface area contributed by atoms with Gasteiger partial charge in [0.25, 0.3) is 5.91 Å². The zero-order chi connectivity index (χ0) is 23.1. The van der Waals surface area contributed by atoms with Gasteiger partial charge in [0.05, 0.1) is 12.8 Å². The summed E-state index contributed by atoms with van der Waals surface area (Å²) in [6.45, 7) is 0.0920. The van der Waals surface area contributed by atoms with Crippen LogP contribution < -0.4 is 15.4 Å². The summed E-state index contributed by atoms with van der Waals surface area (Å²) in [7, 11) is 1.46. The van der Waals surface area contributed by atoms with Crippen molar-refractivity contribution in [3.63, 3.8) is 0 Å². The second kappa shape index (κ2) is 10.8. The average molecular weight is 475 g/mol. The van der Waals surface area contributed by atoms with E-state index in [4.69, 9.17) is 33.0 Å². The first-order valence-corrected chi connectivity index (χ1v) is 10.3. The van der Waals surface area contributed by atoms with Gasteiger partial charge in [-0.25, -0.2) is 0 Å². The van der Waals surface area contributed by atoms with Crippen LogP contribution in [0.5, 0.6) is 6.01 Å². The molecule has 166 valence electrons. The molecule has 0 saturated carbocycles. The fourth-order valence-electron chi connectivity index (χ4n) is 2.88. The average Bonchev–Trinajstić information content (AvgIpc) is 2.78. The Morgan fingerprint density at radius 2 is 1.91 bits per heavy atom. The third-order valence-corrected chi connectivity index (χ3v) is 5.01. The van der Waals surface area contributed by atoms with Crippen molar-refractivity contribution in [2.24, 2.45) is 0 Å². The van der Waals surface area contributed by atoms with E-state index in [1.807, 2.05) is 6.07 Å². The molecule has 0 aliphatic heterocycles. The largest absolute Gasteiger partial charge is 0.480 e. The van der Waals surface area contributed by atoms with Crippen molar-refractivity contribution in [1.29, 1.82) is 0 Å². The number of nitrogens with one attached hydrogen (secondary N) is 2. The summed E-state index contributed by atoms with van der Waals surface area (Å²) < 4.78 is 5.21. The van der Waals surface area contributed by atoms with Crippen LogP contribution in [-0.4, -0.2) is 47.2 Å². The molecule has 3 aromatic rings. The van der Waals surface area contributed by atoms with E-state index < -0.39 is 18.4 Å². The number of carbonyl (C=O) groups excluding carboxylic acids is 1. The van der Waals surface area contributed by atoms with Gasteiger partial charge in [-0.3, -0.25) is 9.59 Å². The first kappa shape index (κ1) is 23.3. The lowest BCUT2D eigenvalue weighted by atomic mass is 10.1. The predicted octanol–water partition coefficient (Wildman–Crippen LogP) is 3.93. The number of amides is 1. The number of aliphatic carboxylic acids is 1. The number of aromatic nitrogens is 2. The molecule has 10 heteroatoms.